The molecule has 0 aliphatic carbocycles. The van der Waals surface area contributed by atoms with Gasteiger partial charge in [0.15, 0.2) is 0 Å². The summed E-state index contributed by atoms with van der Waals surface area (Å²) in [6.07, 6.45) is 3.22. The summed E-state index contributed by atoms with van der Waals surface area (Å²) in [5.41, 5.74) is 1.12. The lowest BCUT2D eigenvalue weighted by Gasteiger charge is -2.19. The predicted octanol–water partition coefficient (Wildman–Crippen LogP) is 2.46. The number of hydrogen-bond donors (Lipinski definition) is 1. The zero-order valence-corrected chi connectivity index (χ0v) is 12.6. The van der Waals surface area contributed by atoms with E-state index in [0.717, 1.165) is 42.5 Å². The van der Waals surface area contributed by atoms with Crippen LogP contribution in [0.4, 0.5) is 5.82 Å². The predicted molar refractivity (Wildman–Crippen MR) is 78.8 cm³/mol. The van der Waals surface area contributed by atoms with Crippen molar-refractivity contribution < 1.29 is 4.74 Å². The topological polar surface area (TPSA) is 37.4 Å². The van der Waals surface area contributed by atoms with Gasteiger partial charge in [0.05, 0.1) is 11.1 Å². The molecule has 0 saturated carbocycles. The molecule has 2 rings (SSSR count). The Bertz CT molecular complexity index is 425. The molecule has 1 aromatic heterocycles. The van der Waals surface area contributed by atoms with Crippen molar-refractivity contribution in [2.75, 3.05) is 25.1 Å². The highest BCUT2D eigenvalue weighted by atomic mass is 35.5. The van der Waals surface area contributed by atoms with E-state index in [4.69, 9.17) is 16.3 Å². The van der Waals surface area contributed by atoms with Gasteiger partial charge in [-0.05, 0) is 18.1 Å². The van der Waals surface area contributed by atoms with Gasteiger partial charge in [0.2, 0.25) is 0 Å². The molecule has 0 bridgehead atoms. The van der Waals surface area contributed by atoms with Crippen molar-refractivity contribution in [1.82, 2.24) is 10.3 Å². The summed E-state index contributed by atoms with van der Waals surface area (Å²) in [7, 11) is 1.75. The third kappa shape index (κ3) is 3.81. The van der Waals surface area contributed by atoms with Crippen LogP contribution in [-0.4, -0.2) is 37.3 Å². The lowest BCUT2D eigenvalue weighted by molar-refractivity contribution is 0.121. The van der Waals surface area contributed by atoms with Crippen LogP contribution >= 0.6 is 11.6 Å². The normalized spacial score (nSPS) is 19.4. The van der Waals surface area contributed by atoms with Gasteiger partial charge in [-0.25, -0.2) is 4.98 Å². The molecule has 1 N–H and O–H groups in total. The number of nitrogens with zero attached hydrogens (tertiary/aromatic N) is 2. The van der Waals surface area contributed by atoms with E-state index < -0.39 is 0 Å². The fourth-order valence-electron chi connectivity index (χ4n) is 2.23. The van der Waals surface area contributed by atoms with Crippen LogP contribution in [0.3, 0.4) is 0 Å². The van der Waals surface area contributed by atoms with Gasteiger partial charge in [0, 0.05) is 39.0 Å². The van der Waals surface area contributed by atoms with E-state index in [1.807, 2.05) is 12.3 Å². The zero-order valence-electron chi connectivity index (χ0n) is 11.8. The lowest BCUT2D eigenvalue weighted by Crippen LogP contribution is -2.24. The van der Waals surface area contributed by atoms with Gasteiger partial charge in [-0.15, -0.1) is 0 Å². The van der Waals surface area contributed by atoms with Crippen molar-refractivity contribution in [3.05, 3.63) is 22.8 Å². The van der Waals surface area contributed by atoms with Gasteiger partial charge in [0.1, 0.15) is 5.82 Å². The first-order chi connectivity index (χ1) is 9.10. The zero-order chi connectivity index (χ0) is 13.8. The first kappa shape index (κ1) is 14.6. The molecule has 0 amide bonds. The first-order valence-electron chi connectivity index (χ1n) is 6.75. The van der Waals surface area contributed by atoms with Crippen LogP contribution in [-0.2, 0) is 11.3 Å². The second-order valence-electron chi connectivity index (χ2n) is 5.28. The highest BCUT2D eigenvalue weighted by Gasteiger charge is 2.24. The molecule has 19 heavy (non-hydrogen) atoms. The van der Waals surface area contributed by atoms with E-state index in [0.29, 0.717) is 12.1 Å². The minimum atomic E-state index is 0.292. The van der Waals surface area contributed by atoms with Crippen LogP contribution in [0.15, 0.2) is 12.3 Å². The van der Waals surface area contributed by atoms with E-state index in [1.54, 1.807) is 7.11 Å². The van der Waals surface area contributed by atoms with E-state index >= 15 is 0 Å². The van der Waals surface area contributed by atoms with Gasteiger partial charge >= 0.3 is 0 Å². The summed E-state index contributed by atoms with van der Waals surface area (Å²) < 4.78 is 5.37. The molecule has 1 saturated heterocycles. The number of pyridine rings is 1. The highest BCUT2D eigenvalue weighted by Crippen LogP contribution is 2.27. The van der Waals surface area contributed by atoms with Crippen LogP contribution in [0.5, 0.6) is 0 Å². The number of rotatable bonds is 5. The van der Waals surface area contributed by atoms with E-state index in [-0.39, 0.29) is 0 Å². The Labute approximate surface area is 120 Å². The summed E-state index contributed by atoms with van der Waals surface area (Å²) in [6.45, 7) is 6.87. The van der Waals surface area contributed by atoms with Crippen molar-refractivity contribution in [2.45, 2.75) is 39.0 Å². The monoisotopic (exact) mass is 283 g/mol. The fraction of sp³-hybridized carbons (Fsp3) is 0.643. The molecule has 1 aliphatic heterocycles. The largest absolute Gasteiger partial charge is 0.380 e. The number of aromatic nitrogens is 1. The number of anilines is 1. The second kappa shape index (κ2) is 6.55. The van der Waals surface area contributed by atoms with Crippen molar-refractivity contribution >= 4 is 17.4 Å². The van der Waals surface area contributed by atoms with Crippen LogP contribution in [0, 0.1) is 0 Å². The number of halogens is 1. The summed E-state index contributed by atoms with van der Waals surface area (Å²) in [6, 6.07) is 2.46. The minimum Gasteiger partial charge on any atom is -0.380 e. The highest BCUT2D eigenvalue weighted by molar-refractivity contribution is 6.33. The van der Waals surface area contributed by atoms with Gasteiger partial charge in [0.25, 0.3) is 0 Å². The molecule has 4 nitrogen and oxygen atoms in total. The lowest BCUT2D eigenvalue weighted by atomic mass is 10.2. The Hall–Kier alpha value is -0.840. The summed E-state index contributed by atoms with van der Waals surface area (Å²) in [4.78, 5) is 6.70. The van der Waals surface area contributed by atoms with E-state index in [9.17, 15) is 0 Å². The fourth-order valence-corrected chi connectivity index (χ4v) is 2.54. The molecule has 1 aliphatic rings. The SMILES string of the molecule is COC1CCN(c2ncc(CNC(C)C)cc2Cl)C1. The molecule has 1 unspecified atom stereocenters. The molecule has 1 fully saturated rings. The van der Waals surface area contributed by atoms with Crippen LogP contribution in [0.25, 0.3) is 0 Å². The maximum atomic E-state index is 6.34. The van der Waals surface area contributed by atoms with Crippen LogP contribution < -0.4 is 10.2 Å². The molecule has 5 heteroatoms. The molecule has 0 aromatic carbocycles. The quantitative estimate of drug-likeness (QED) is 0.901. The standard InChI is InChI=1S/C14H22ClN3O/c1-10(2)16-7-11-6-13(15)14(17-8-11)18-5-4-12(9-18)19-3/h6,8,10,12,16H,4-5,7,9H2,1-3H3. The smallest absolute Gasteiger partial charge is 0.147 e. The summed E-state index contributed by atoms with van der Waals surface area (Å²) >= 11 is 6.34. The Morgan fingerprint density at radius 1 is 1.58 bits per heavy atom. The second-order valence-corrected chi connectivity index (χ2v) is 5.68. The Morgan fingerprint density at radius 2 is 2.37 bits per heavy atom. The van der Waals surface area contributed by atoms with Crippen molar-refractivity contribution in [3.63, 3.8) is 0 Å². The first-order valence-corrected chi connectivity index (χ1v) is 7.13. The Kier molecular flexibility index (Phi) is 5.02. The molecule has 1 aromatic rings. The maximum absolute atomic E-state index is 6.34. The van der Waals surface area contributed by atoms with E-state index in [2.05, 4.69) is 29.0 Å². The molecule has 106 valence electrons. The van der Waals surface area contributed by atoms with Crippen molar-refractivity contribution in [3.8, 4) is 0 Å². The van der Waals surface area contributed by atoms with Crippen LogP contribution in [0.2, 0.25) is 5.02 Å². The average Bonchev–Trinajstić information content (AvgIpc) is 2.85. The number of ether oxygens (including phenoxy) is 1. The number of hydrogen-bond acceptors (Lipinski definition) is 4. The number of methoxy groups -OCH3 is 1. The van der Waals surface area contributed by atoms with Gasteiger partial charge in [-0.1, -0.05) is 25.4 Å². The van der Waals surface area contributed by atoms with Crippen molar-refractivity contribution in [1.29, 1.82) is 0 Å². The molecule has 2 heterocycles. The van der Waals surface area contributed by atoms with Gasteiger partial charge in [-0.3, -0.25) is 0 Å². The molecular formula is C14H22ClN3O. The minimum absolute atomic E-state index is 0.292. The molecule has 0 spiro atoms. The Morgan fingerprint density at radius 3 is 2.95 bits per heavy atom. The molecule has 1 atom stereocenters. The van der Waals surface area contributed by atoms with Gasteiger partial charge in [-0.2, -0.15) is 0 Å². The average molecular weight is 284 g/mol. The molecule has 0 radical (unpaired) electrons. The number of nitrogens with one attached hydrogen (secondary N) is 1. The van der Waals surface area contributed by atoms with Crippen LogP contribution in [0.1, 0.15) is 25.8 Å². The van der Waals surface area contributed by atoms with E-state index in [1.165, 1.54) is 0 Å². The third-order valence-electron chi connectivity index (χ3n) is 3.37. The summed E-state index contributed by atoms with van der Waals surface area (Å²) in [5, 5.41) is 4.08. The van der Waals surface area contributed by atoms with Gasteiger partial charge < -0.3 is 15.0 Å². The maximum Gasteiger partial charge on any atom is 0.147 e. The Balaban J connectivity index is 2.03. The van der Waals surface area contributed by atoms with Crippen molar-refractivity contribution in [2.24, 2.45) is 0 Å². The summed E-state index contributed by atoms with van der Waals surface area (Å²) in [5.74, 6) is 0.870. The molecular weight excluding hydrogens is 262 g/mol. The third-order valence-corrected chi connectivity index (χ3v) is 3.65.